The zero-order valence-corrected chi connectivity index (χ0v) is 18.3. The maximum Gasteiger partial charge on any atom is 0.266 e. The highest BCUT2D eigenvalue weighted by Gasteiger charge is 2.45. The third-order valence-electron chi connectivity index (χ3n) is 6.57. The molecular formula is C25H25N3O2S. The molecule has 1 unspecified atom stereocenters. The van der Waals surface area contributed by atoms with Gasteiger partial charge in [-0.05, 0) is 37.8 Å². The van der Waals surface area contributed by atoms with Gasteiger partial charge in [-0.3, -0.25) is 9.59 Å². The summed E-state index contributed by atoms with van der Waals surface area (Å²) in [7, 11) is 1.90. The van der Waals surface area contributed by atoms with Gasteiger partial charge in [-0.25, -0.2) is 4.98 Å². The quantitative estimate of drug-likeness (QED) is 0.601. The molecule has 0 spiro atoms. The number of thiazole rings is 1. The lowest BCUT2D eigenvalue weighted by Crippen LogP contribution is -2.52. The van der Waals surface area contributed by atoms with Gasteiger partial charge in [-0.1, -0.05) is 48.5 Å². The second kappa shape index (κ2) is 8.27. The fourth-order valence-corrected chi connectivity index (χ4v) is 5.83. The predicted molar refractivity (Wildman–Crippen MR) is 122 cm³/mol. The van der Waals surface area contributed by atoms with Crippen molar-refractivity contribution in [1.82, 2.24) is 14.8 Å². The van der Waals surface area contributed by atoms with Gasteiger partial charge in [0.1, 0.15) is 9.88 Å². The molecule has 0 aliphatic carbocycles. The van der Waals surface area contributed by atoms with Crippen LogP contribution in [0.15, 0.2) is 66.9 Å². The molecule has 2 amide bonds. The third kappa shape index (κ3) is 3.76. The summed E-state index contributed by atoms with van der Waals surface area (Å²) in [5, 5.41) is 0.874. The summed E-state index contributed by atoms with van der Waals surface area (Å²) in [5.41, 5.74) is 1.75. The van der Waals surface area contributed by atoms with E-state index in [-0.39, 0.29) is 29.9 Å². The molecule has 3 aromatic rings. The number of nitrogens with zero attached hydrogens (tertiary/aromatic N) is 3. The SMILES string of the molecule is CN(C(=O)c1ccccc1)C1C[C@H]2CC[C@@H](C1)N2C(=O)c1cnc(-c2ccccc2)s1. The Morgan fingerprint density at radius 1 is 0.968 bits per heavy atom. The van der Waals surface area contributed by atoms with Crippen LogP contribution in [0.3, 0.4) is 0 Å². The van der Waals surface area contributed by atoms with Crippen molar-refractivity contribution in [3.8, 4) is 10.6 Å². The fraction of sp³-hybridized carbons (Fsp3) is 0.320. The Morgan fingerprint density at radius 2 is 1.58 bits per heavy atom. The molecule has 5 rings (SSSR count). The topological polar surface area (TPSA) is 53.5 Å². The maximum atomic E-state index is 13.4. The van der Waals surface area contributed by atoms with Gasteiger partial charge >= 0.3 is 0 Å². The van der Waals surface area contributed by atoms with E-state index in [9.17, 15) is 9.59 Å². The predicted octanol–water partition coefficient (Wildman–Crippen LogP) is 4.72. The summed E-state index contributed by atoms with van der Waals surface area (Å²) in [6, 6.07) is 19.9. The van der Waals surface area contributed by atoms with E-state index in [2.05, 4.69) is 9.88 Å². The number of piperidine rings is 1. The number of aromatic nitrogens is 1. The van der Waals surface area contributed by atoms with Crippen molar-refractivity contribution in [2.75, 3.05) is 7.05 Å². The molecule has 158 valence electrons. The Hall–Kier alpha value is -2.99. The Balaban J connectivity index is 1.30. The van der Waals surface area contributed by atoms with Crippen LogP contribution >= 0.6 is 11.3 Å². The van der Waals surface area contributed by atoms with Crippen LogP contribution in [0, 0.1) is 0 Å². The number of carbonyl (C=O) groups is 2. The van der Waals surface area contributed by atoms with Crippen LogP contribution in [0.5, 0.6) is 0 Å². The molecule has 0 N–H and O–H groups in total. The molecule has 0 radical (unpaired) electrons. The van der Waals surface area contributed by atoms with Crippen LogP contribution < -0.4 is 0 Å². The molecule has 3 heterocycles. The number of rotatable bonds is 4. The molecule has 2 aromatic carbocycles. The van der Waals surface area contributed by atoms with Gasteiger partial charge in [0.25, 0.3) is 11.8 Å². The molecule has 5 nitrogen and oxygen atoms in total. The van der Waals surface area contributed by atoms with E-state index in [1.165, 1.54) is 11.3 Å². The Labute approximate surface area is 186 Å². The van der Waals surface area contributed by atoms with Gasteiger partial charge in [0.2, 0.25) is 0 Å². The summed E-state index contributed by atoms with van der Waals surface area (Å²) in [4.78, 5) is 35.4. The first-order valence-electron chi connectivity index (χ1n) is 10.8. The molecule has 2 aliphatic heterocycles. The Morgan fingerprint density at radius 3 is 2.23 bits per heavy atom. The minimum Gasteiger partial charge on any atom is -0.339 e. The lowest BCUT2D eigenvalue weighted by molar-refractivity contribution is 0.0410. The van der Waals surface area contributed by atoms with Gasteiger partial charge < -0.3 is 9.80 Å². The van der Waals surface area contributed by atoms with Crippen LogP contribution in [-0.4, -0.2) is 51.8 Å². The van der Waals surface area contributed by atoms with Gasteiger partial charge in [-0.15, -0.1) is 11.3 Å². The number of fused-ring (bicyclic) bond motifs is 2. The average Bonchev–Trinajstić information content (AvgIpc) is 3.41. The number of amides is 2. The summed E-state index contributed by atoms with van der Waals surface area (Å²) < 4.78 is 0. The van der Waals surface area contributed by atoms with Crippen molar-refractivity contribution in [2.24, 2.45) is 0 Å². The van der Waals surface area contributed by atoms with Crippen LogP contribution in [-0.2, 0) is 0 Å². The molecule has 2 saturated heterocycles. The number of benzene rings is 2. The minimum absolute atomic E-state index is 0.0553. The van der Waals surface area contributed by atoms with Crippen molar-refractivity contribution in [2.45, 2.75) is 43.8 Å². The highest BCUT2D eigenvalue weighted by molar-refractivity contribution is 7.16. The van der Waals surface area contributed by atoms with Crippen LogP contribution in [0.25, 0.3) is 10.6 Å². The molecule has 3 atom stereocenters. The first kappa shape index (κ1) is 19.9. The monoisotopic (exact) mass is 431 g/mol. The first-order valence-corrected chi connectivity index (χ1v) is 11.6. The van der Waals surface area contributed by atoms with E-state index >= 15 is 0 Å². The molecule has 2 bridgehead atoms. The van der Waals surface area contributed by atoms with E-state index in [1.807, 2.05) is 72.6 Å². The minimum atomic E-state index is 0.0553. The summed E-state index contributed by atoms with van der Waals surface area (Å²) in [5.74, 6) is 0.141. The van der Waals surface area contributed by atoms with E-state index in [1.54, 1.807) is 6.20 Å². The van der Waals surface area contributed by atoms with Gasteiger partial charge in [0, 0.05) is 36.3 Å². The molecular weight excluding hydrogens is 406 g/mol. The zero-order chi connectivity index (χ0) is 21.4. The zero-order valence-electron chi connectivity index (χ0n) is 17.5. The molecule has 2 aliphatic rings. The van der Waals surface area contributed by atoms with Crippen LogP contribution in [0.4, 0.5) is 0 Å². The average molecular weight is 432 g/mol. The summed E-state index contributed by atoms with van der Waals surface area (Å²) in [6.07, 6.45) is 5.39. The Kier molecular flexibility index (Phi) is 5.32. The molecule has 31 heavy (non-hydrogen) atoms. The number of hydrogen-bond acceptors (Lipinski definition) is 4. The van der Waals surface area contributed by atoms with E-state index < -0.39 is 0 Å². The lowest BCUT2D eigenvalue weighted by atomic mass is 9.95. The third-order valence-corrected chi connectivity index (χ3v) is 7.60. The van der Waals surface area contributed by atoms with Gasteiger partial charge in [-0.2, -0.15) is 0 Å². The van der Waals surface area contributed by atoms with Crippen molar-refractivity contribution >= 4 is 23.2 Å². The van der Waals surface area contributed by atoms with Crippen LogP contribution in [0.2, 0.25) is 0 Å². The largest absolute Gasteiger partial charge is 0.339 e. The van der Waals surface area contributed by atoms with E-state index in [0.29, 0.717) is 10.4 Å². The van der Waals surface area contributed by atoms with Gasteiger partial charge in [0.15, 0.2) is 0 Å². The number of hydrogen-bond donors (Lipinski definition) is 0. The Bertz CT molecular complexity index is 1070. The fourth-order valence-electron chi connectivity index (χ4n) is 4.96. The standard InChI is InChI=1S/C25H25N3O2S/c1-27(24(29)18-10-6-3-7-11-18)21-14-19-12-13-20(15-21)28(19)25(30)22-16-26-23(31-22)17-8-4-2-5-9-17/h2-11,16,19-21H,12-15H2,1H3/t19-,20+,21?. The summed E-state index contributed by atoms with van der Waals surface area (Å²) in [6.45, 7) is 0. The normalized spacial score (nSPS) is 22.4. The molecule has 0 saturated carbocycles. The van der Waals surface area contributed by atoms with Crippen molar-refractivity contribution < 1.29 is 9.59 Å². The smallest absolute Gasteiger partial charge is 0.266 e. The van der Waals surface area contributed by atoms with Crippen LogP contribution in [0.1, 0.15) is 45.7 Å². The number of carbonyl (C=O) groups excluding carboxylic acids is 2. The van der Waals surface area contributed by atoms with Gasteiger partial charge in [0.05, 0.1) is 6.20 Å². The van der Waals surface area contributed by atoms with Crippen molar-refractivity contribution in [3.63, 3.8) is 0 Å². The lowest BCUT2D eigenvalue weighted by Gasteiger charge is -2.42. The summed E-state index contributed by atoms with van der Waals surface area (Å²) >= 11 is 1.46. The maximum absolute atomic E-state index is 13.4. The highest BCUT2D eigenvalue weighted by atomic mass is 32.1. The molecule has 2 fully saturated rings. The highest BCUT2D eigenvalue weighted by Crippen LogP contribution is 2.39. The van der Waals surface area contributed by atoms with E-state index in [4.69, 9.17) is 0 Å². The molecule has 6 heteroatoms. The second-order valence-corrected chi connectivity index (χ2v) is 9.43. The van der Waals surface area contributed by atoms with Crippen molar-refractivity contribution in [1.29, 1.82) is 0 Å². The van der Waals surface area contributed by atoms with Crippen molar-refractivity contribution in [3.05, 3.63) is 77.3 Å². The first-order chi connectivity index (χ1) is 15.1. The van der Waals surface area contributed by atoms with E-state index in [0.717, 1.165) is 36.3 Å². The molecule has 1 aromatic heterocycles. The second-order valence-electron chi connectivity index (χ2n) is 8.40.